The number of hydrogen-bond acceptors (Lipinski definition) is 1. The van der Waals surface area contributed by atoms with Gasteiger partial charge in [-0.2, -0.15) is 0 Å². The van der Waals surface area contributed by atoms with Gasteiger partial charge in [0.2, 0.25) is 0 Å². The van der Waals surface area contributed by atoms with Crippen molar-refractivity contribution in [3.05, 3.63) is 12.2 Å². The van der Waals surface area contributed by atoms with Crippen LogP contribution in [-0.2, 0) is 4.74 Å². The first kappa shape index (κ1) is 10.8. The third-order valence-electron chi connectivity index (χ3n) is 2.16. The molecular weight excluding hydrogens is 160 g/mol. The van der Waals surface area contributed by atoms with Crippen molar-refractivity contribution in [3.63, 3.8) is 0 Å². The predicted octanol–water partition coefficient (Wildman–Crippen LogP) is 3.40. The van der Waals surface area contributed by atoms with E-state index in [-0.39, 0.29) is 10.8 Å². The minimum absolute atomic E-state index is 0.272. The van der Waals surface area contributed by atoms with E-state index in [4.69, 9.17) is 4.74 Å². The van der Waals surface area contributed by atoms with Crippen molar-refractivity contribution >= 4 is 0 Å². The molecule has 1 aliphatic heterocycles. The van der Waals surface area contributed by atoms with Crippen LogP contribution in [0.4, 0.5) is 0 Å². The lowest BCUT2D eigenvalue weighted by Crippen LogP contribution is -2.15. The van der Waals surface area contributed by atoms with Crippen molar-refractivity contribution in [2.45, 2.75) is 53.8 Å². The molecule has 1 saturated heterocycles. The van der Waals surface area contributed by atoms with Crippen molar-refractivity contribution in [1.82, 2.24) is 0 Å². The lowest BCUT2D eigenvalue weighted by Gasteiger charge is -2.14. The maximum absolute atomic E-state index is 5.59. The normalized spacial score (nSPS) is 29.7. The Morgan fingerprint density at radius 2 is 1.54 bits per heavy atom. The molecule has 1 heterocycles. The number of ether oxygens (including phenoxy) is 1. The third-order valence-corrected chi connectivity index (χ3v) is 2.16. The Bertz CT molecular complexity index is 202. The fourth-order valence-electron chi connectivity index (χ4n) is 1.35. The first-order chi connectivity index (χ1) is 5.70. The molecule has 0 amide bonds. The van der Waals surface area contributed by atoms with E-state index in [0.717, 1.165) is 0 Å². The summed E-state index contributed by atoms with van der Waals surface area (Å²) in [7, 11) is 0. The van der Waals surface area contributed by atoms with E-state index >= 15 is 0 Å². The first-order valence-electron chi connectivity index (χ1n) is 5.05. The Labute approximate surface area is 82.2 Å². The molecule has 13 heavy (non-hydrogen) atoms. The molecule has 1 rings (SSSR count). The van der Waals surface area contributed by atoms with E-state index in [1.807, 2.05) is 0 Å². The number of hydrogen-bond donors (Lipinski definition) is 0. The minimum Gasteiger partial charge on any atom is -0.365 e. The monoisotopic (exact) mass is 182 g/mol. The molecule has 0 saturated carbocycles. The Hall–Kier alpha value is -0.300. The standard InChI is InChI=1S/C12H22O/c1-11(2,3)8-7-9-10(13-9)12(4,5)6/h7-10H,1-6H3/t9-,10+/m0/s1. The van der Waals surface area contributed by atoms with E-state index in [9.17, 15) is 0 Å². The SMILES string of the molecule is CC(C)(C)C=C[C@@H]1O[C@H]1C(C)(C)C. The van der Waals surface area contributed by atoms with E-state index < -0.39 is 0 Å². The van der Waals surface area contributed by atoms with Crippen molar-refractivity contribution in [1.29, 1.82) is 0 Å². The van der Waals surface area contributed by atoms with Crippen LogP contribution in [0.25, 0.3) is 0 Å². The van der Waals surface area contributed by atoms with Gasteiger partial charge < -0.3 is 4.74 Å². The fraction of sp³-hybridized carbons (Fsp3) is 0.833. The van der Waals surface area contributed by atoms with Crippen LogP contribution in [0.1, 0.15) is 41.5 Å². The smallest absolute Gasteiger partial charge is 0.103 e. The molecule has 0 aromatic rings. The number of allylic oxidation sites excluding steroid dienone is 1. The van der Waals surface area contributed by atoms with Crippen LogP contribution in [0.15, 0.2) is 12.2 Å². The van der Waals surface area contributed by atoms with Gasteiger partial charge in [-0.05, 0) is 10.8 Å². The summed E-state index contributed by atoms with van der Waals surface area (Å²) in [5, 5.41) is 0. The molecule has 0 aliphatic carbocycles. The van der Waals surface area contributed by atoms with Crippen LogP contribution in [0.2, 0.25) is 0 Å². The van der Waals surface area contributed by atoms with Crippen molar-refractivity contribution in [2.24, 2.45) is 10.8 Å². The van der Waals surface area contributed by atoms with Gasteiger partial charge in [-0.25, -0.2) is 0 Å². The predicted molar refractivity (Wildman–Crippen MR) is 56.7 cm³/mol. The Kier molecular flexibility index (Phi) is 2.59. The molecule has 0 spiro atoms. The van der Waals surface area contributed by atoms with Gasteiger partial charge in [0.15, 0.2) is 0 Å². The zero-order valence-electron chi connectivity index (χ0n) is 9.72. The van der Waals surface area contributed by atoms with Crippen LogP contribution in [0.5, 0.6) is 0 Å². The molecule has 76 valence electrons. The maximum Gasteiger partial charge on any atom is 0.103 e. The second-order valence-corrected chi connectivity index (χ2v) is 6.11. The summed E-state index contributed by atoms with van der Waals surface area (Å²) in [5.74, 6) is 0. The lowest BCUT2D eigenvalue weighted by atomic mass is 9.89. The second kappa shape index (κ2) is 3.13. The quantitative estimate of drug-likeness (QED) is 0.447. The zero-order valence-corrected chi connectivity index (χ0v) is 9.72. The van der Waals surface area contributed by atoms with Crippen LogP contribution >= 0.6 is 0 Å². The van der Waals surface area contributed by atoms with Crippen LogP contribution < -0.4 is 0 Å². The third kappa shape index (κ3) is 3.51. The van der Waals surface area contributed by atoms with Gasteiger partial charge in [0.25, 0.3) is 0 Å². The van der Waals surface area contributed by atoms with Gasteiger partial charge in [-0.1, -0.05) is 53.7 Å². The van der Waals surface area contributed by atoms with E-state index in [1.165, 1.54) is 0 Å². The van der Waals surface area contributed by atoms with Gasteiger partial charge in [-0.3, -0.25) is 0 Å². The molecule has 1 nitrogen and oxygen atoms in total. The molecule has 0 bridgehead atoms. The molecule has 0 aromatic heterocycles. The summed E-state index contributed by atoms with van der Waals surface area (Å²) < 4.78 is 5.59. The summed E-state index contributed by atoms with van der Waals surface area (Å²) in [5.41, 5.74) is 0.557. The van der Waals surface area contributed by atoms with Gasteiger partial charge in [0.1, 0.15) is 6.10 Å². The van der Waals surface area contributed by atoms with Gasteiger partial charge in [0, 0.05) is 0 Å². The molecule has 1 fully saturated rings. The first-order valence-corrected chi connectivity index (χ1v) is 5.05. The van der Waals surface area contributed by atoms with Crippen LogP contribution in [0, 0.1) is 10.8 Å². The van der Waals surface area contributed by atoms with Gasteiger partial charge in [0.05, 0.1) is 6.10 Å². The zero-order chi connectivity index (χ0) is 10.3. The lowest BCUT2D eigenvalue weighted by molar-refractivity contribution is 0.263. The summed E-state index contributed by atoms with van der Waals surface area (Å²) in [6.45, 7) is 13.3. The average molecular weight is 182 g/mol. The summed E-state index contributed by atoms with van der Waals surface area (Å²) in [4.78, 5) is 0. The Balaban J connectivity index is 2.41. The fourth-order valence-corrected chi connectivity index (χ4v) is 1.35. The maximum atomic E-state index is 5.59. The van der Waals surface area contributed by atoms with E-state index in [2.05, 4.69) is 53.7 Å². The molecule has 0 radical (unpaired) electrons. The highest BCUT2D eigenvalue weighted by Gasteiger charge is 2.45. The highest BCUT2D eigenvalue weighted by Crippen LogP contribution is 2.39. The van der Waals surface area contributed by atoms with Crippen molar-refractivity contribution < 1.29 is 4.74 Å². The Morgan fingerprint density at radius 3 is 1.85 bits per heavy atom. The van der Waals surface area contributed by atoms with Crippen LogP contribution in [-0.4, -0.2) is 12.2 Å². The molecule has 1 heteroatoms. The second-order valence-electron chi connectivity index (χ2n) is 6.11. The summed E-state index contributed by atoms with van der Waals surface area (Å²) in [6.07, 6.45) is 5.23. The van der Waals surface area contributed by atoms with Gasteiger partial charge in [-0.15, -0.1) is 0 Å². The Morgan fingerprint density at radius 1 is 1.00 bits per heavy atom. The van der Waals surface area contributed by atoms with E-state index in [1.54, 1.807) is 0 Å². The number of rotatable bonds is 1. The van der Waals surface area contributed by atoms with Crippen molar-refractivity contribution in [3.8, 4) is 0 Å². The molecular formula is C12H22O. The molecule has 0 N–H and O–H groups in total. The largest absolute Gasteiger partial charge is 0.365 e. The highest BCUT2D eigenvalue weighted by atomic mass is 16.6. The summed E-state index contributed by atoms with van der Waals surface area (Å²) >= 11 is 0. The molecule has 2 atom stereocenters. The topological polar surface area (TPSA) is 12.5 Å². The molecule has 0 unspecified atom stereocenters. The average Bonchev–Trinajstić information content (AvgIpc) is 2.57. The number of epoxide rings is 1. The molecule has 1 aliphatic rings. The highest BCUT2D eigenvalue weighted by molar-refractivity contribution is 5.08. The minimum atomic E-state index is 0.272. The van der Waals surface area contributed by atoms with Crippen molar-refractivity contribution in [2.75, 3.05) is 0 Å². The van der Waals surface area contributed by atoms with Gasteiger partial charge >= 0.3 is 0 Å². The van der Waals surface area contributed by atoms with Crippen LogP contribution in [0.3, 0.4) is 0 Å². The molecule has 0 aromatic carbocycles. The van der Waals surface area contributed by atoms with E-state index in [0.29, 0.717) is 12.2 Å². The summed E-state index contributed by atoms with van der Waals surface area (Å²) in [6, 6.07) is 0.